The quantitative estimate of drug-likeness (QED) is 0.627. The van der Waals surface area contributed by atoms with Gasteiger partial charge in [0.1, 0.15) is 0 Å². The van der Waals surface area contributed by atoms with Gasteiger partial charge in [-0.1, -0.05) is 0 Å². The Morgan fingerprint density at radius 1 is 1.62 bits per heavy atom. The molecular weight excluding hydrogens is 168 g/mol. The number of hydrogen-bond donors (Lipinski definition) is 2. The number of nitrogens with zero attached hydrogens (tertiary/aromatic N) is 1. The van der Waals surface area contributed by atoms with Crippen LogP contribution in [-0.4, -0.2) is 48.2 Å². The summed E-state index contributed by atoms with van der Waals surface area (Å²) in [6.07, 6.45) is 1.41. The number of carbonyl (C=O) groups excluding carboxylic acids is 1. The molecule has 0 saturated heterocycles. The second kappa shape index (κ2) is 4.58. The molecule has 0 spiro atoms. The SMILES string of the molecule is CCN(C)C(=O)CNC1CC(O)C1. The summed E-state index contributed by atoms with van der Waals surface area (Å²) < 4.78 is 0. The Morgan fingerprint density at radius 3 is 2.69 bits per heavy atom. The molecule has 1 amide bonds. The molecule has 76 valence electrons. The Bertz CT molecular complexity index is 178. The van der Waals surface area contributed by atoms with Crippen molar-refractivity contribution in [3.63, 3.8) is 0 Å². The van der Waals surface area contributed by atoms with Crippen molar-refractivity contribution in [1.82, 2.24) is 10.2 Å². The van der Waals surface area contributed by atoms with Crippen LogP contribution in [0, 0.1) is 0 Å². The monoisotopic (exact) mass is 186 g/mol. The molecular formula is C9H18N2O2. The van der Waals surface area contributed by atoms with E-state index in [0.717, 1.165) is 19.4 Å². The minimum Gasteiger partial charge on any atom is -0.393 e. The number of nitrogens with one attached hydrogen (secondary N) is 1. The fraction of sp³-hybridized carbons (Fsp3) is 0.889. The third kappa shape index (κ3) is 2.97. The molecule has 0 aromatic rings. The molecule has 0 radical (unpaired) electrons. The Hall–Kier alpha value is -0.610. The average Bonchev–Trinajstić information content (AvgIpc) is 2.08. The highest BCUT2D eigenvalue weighted by Gasteiger charge is 2.27. The van der Waals surface area contributed by atoms with Crippen LogP contribution in [0.15, 0.2) is 0 Å². The van der Waals surface area contributed by atoms with Crippen LogP contribution >= 0.6 is 0 Å². The van der Waals surface area contributed by atoms with Crippen molar-refractivity contribution in [2.24, 2.45) is 0 Å². The molecule has 0 aromatic carbocycles. The van der Waals surface area contributed by atoms with Gasteiger partial charge in [-0.15, -0.1) is 0 Å². The second-order valence-electron chi connectivity index (χ2n) is 3.61. The number of carbonyl (C=O) groups is 1. The topological polar surface area (TPSA) is 52.6 Å². The highest BCUT2D eigenvalue weighted by Crippen LogP contribution is 2.18. The number of hydrogen-bond acceptors (Lipinski definition) is 3. The summed E-state index contributed by atoms with van der Waals surface area (Å²) in [6, 6.07) is 0.337. The molecule has 1 saturated carbocycles. The summed E-state index contributed by atoms with van der Waals surface area (Å²) in [6.45, 7) is 3.08. The highest BCUT2D eigenvalue weighted by molar-refractivity contribution is 5.77. The lowest BCUT2D eigenvalue weighted by atomic mass is 9.89. The predicted octanol–water partition coefficient (Wildman–Crippen LogP) is -0.422. The zero-order valence-electron chi connectivity index (χ0n) is 8.29. The largest absolute Gasteiger partial charge is 0.393 e. The molecule has 1 aliphatic rings. The molecule has 4 heteroatoms. The number of aliphatic hydroxyl groups is 1. The summed E-state index contributed by atoms with van der Waals surface area (Å²) in [7, 11) is 1.79. The van der Waals surface area contributed by atoms with Crippen LogP contribution in [0.25, 0.3) is 0 Å². The van der Waals surface area contributed by atoms with E-state index in [1.165, 1.54) is 0 Å². The zero-order chi connectivity index (χ0) is 9.84. The van der Waals surface area contributed by atoms with Gasteiger partial charge in [0.25, 0.3) is 0 Å². The molecule has 1 fully saturated rings. The molecule has 0 heterocycles. The van der Waals surface area contributed by atoms with Crippen LogP contribution in [0.3, 0.4) is 0 Å². The van der Waals surface area contributed by atoms with Crippen molar-refractivity contribution in [3.8, 4) is 0 Å². The summed E-state index contributed by atoms with van der Waals surface area (Å²) in [4.78, 5) is 13.0. The van der Waals surface area contributed by atoms with Crippen LogP contribution in [0.2, 0.25) is 0 Å². The summed E-state index contributed by atoms with van der Waals surface area (Å²) in [5.74, 6) is 0.115. The third-order valence-electron chi connectivity index (χ3n) is 2.56. The van der Waals surface area contributed by atoms with E-state index in [2.05, 4.69) is 5.32 Å². The van der Waals surface area contributed by atoms with E-state index in [9.17, 15) is 4.79 Å². The average molecular weight is 186 g/mol. The maximum atomic E-state index is 11.3. The van der Waals surface area contributed by atoms with Crippen molar-refractivity contribution >= 4 is 5.91 Å². The number of likely N-dealkylation sites (N-methyl/N-ethyl adjacent to an activating group) is 1. The lowest BCUT2D eigenvalue weighted by Gasteiger charge is -2.32. The van der Waals surface area contributed by atoms with Crippen molar-refractivity contribution in [2.75, 3.05) is 20.1 Å². The Morgan fingerprint density at radius 2 is 2.23 bits per heavy atom. The van der Waals surface area contributed by atoms with Crippen molar-refractivity contribution in [3.05, 3.63) is 0 Å². The molecule has 2 N–H and O–H groups in total. The van der Waals surface area contributed by atoms with Gasteiger partial charge in [0.05, 0.1) is 12.6 Å². The standard InChI is InChI=1S/C9H18N2O2/c1-3-11(2)9(13)6-10-7-4-8(12)5-7/h7-8,10,12H,3-6H2,1-2H3. The Kier molecular flexibility index (Phi) is 3.69. The third-order valence-corrected chi connectivity index (χ3v) is 2.56. The maximum absolute atomic E-state index is 11.3. The first kappa shape index (κ1) is 10.5. The molecule has 0 atom stereocenters. The summed E-state index contributed by atoms with van der Waals surface area (Å²) in [5, 5.41) is 12.1. The van der Waals surface area contributed by atoms with Crippen LogP contribution in [-0.2, 0) is 4.79 Å². The minimum atomic E-state index is -0.156. The van der Waals surface area contributed by atoms with Gasteiger partial charge in [0, 0.05) is 19.6 Å². The molecule has 13 heavy (non-hydrogen) atoms. The van der Waals surface area contributed by atoms with E-state index in [4.69, 9.17) is 5.11 Å². The van der Waals surface area contributed by atoms with E-state index in [1.54, 1.807) is 11.9 Å². The molecule has 1 aliphatic carbocycles. The molecule has 0 aliphatic heterocycles. The normalized spacial score (nSPS) is 26.7. The smallest absolute Gasteiger partial charge is 0.236 e. The number of amides is 1. The van der Waals surface area contributed by atoms with E-state index >= 15 is 0 Å². The first-order chi connectivity index (χ1) is 6.13. The van der Waals surface area contributed by atoms with Gasteiger partial charge in [-0.3, -0.25) is 4.79 Å². The van der Waals surface area contributed by atoms with E-state index in [1.807, 2.05) is 6.92 Å². The Labute approximate surface area is 78.9 Å². The summed E-state index contributed by atoms with van der Waals surface area (Å²) in [5.41, 5.74) is 0. The minimum absolute atomic E-state index is 0.115. The van der Waals surface area contributed by atoms with Crippen LogP contribution in [0.1, 0.15) is 19.8 Å². The van der Waals surface area contributed by atoms with Gasteiger partial charge >= 0.3 is 0 Å². The van der Waals surface area contributed by atoms with Gasteiger partial charge in [-0.05, 0) is 19.8 Å². The Balaban J connectivity index is 2.09. The first-order valence-corrected chi connectivity index (χ1v) is 4.79. The van der Waals surface area contributed by atoms with Crippen LogP contribution < -0.4 is 5.32 Å². The van der Waals surface area contributed by atoms with Crippen LogP contribution in [0.5, 0.6) is 0 Å². The van der Waals surface area contributed by atoms with E-state index in [0.29, 0.717) is 12.6 Å². The van der Waals surface area contributed by atoms with Crippen LogP contribution in [0.4, 0.5) is 0 Å². The van der Waals surface area contributed by atoms with Gasteiger partial charge in [0.15, 0.2) is 0 Å². The van der Waals surface area contributed by atoms with Gasteiger partial charge in [-0.25, -0.2) is 0 Å². The number of aliphatic hydroxyl groups excluding tert-OH is 1. The zero-order valence-corrected chi connectivity index (χ0v) is 8.29. The lowest BCUT2D eigenvalue weighted by molar-refractivity contribution is -0.129. The van der Waals surface area contributed by atoms with Gasteiger partial charge in [0.2, 0.25) is 5.91 Å². The second-order valence-corrected chi connectivity index (χ2v) is 3.61. The van der Waals surface area contributed by atoms with Gasteiger partial charge in [-0.2, -0.15) is 0 Å². The van der Waals surface area contributed by atoms with Gasteiger partial charge < -0.3 is 15.3 Å². The first-order valence-electron chi connectivity index (χ1n) is 4.79. The van der Waals surface area contributed by atoms with Crippen molar-refractivity contribution < 1.29 is 9.90 Å². The predicted molar refractivity (Wildman–Crippen MR) is 50.3 cm³/mol. The van der Waals surface area contributed by atoms with Crippen molar-refractivity contribution in [2.45, 2.75) is 31.9 Å². The highest BCUT2D eigenvalue weighted by atomic mass is 16.3. The number of rotatable bonds is 4. The molecule has 0 bridgehead atoms. The fourth-order valence-electron chi connectivity index (χ4n) is 1.30. The van der Waals surface area contributed by atoms with Crippen molar-refractivity contribution in [1.29, 1.82) is 0 Å². The maximum Gasteiger partial charge on any atom is 0.236 e. The summed E-state index contributed by atoms with van der Waals surface area (Å²) >= 11 is 0. The molecule has 0 unspecified atom stereocenters. The van der Waals surface area contributed by atoms with E-state index in [-0.39, 0.29) is 12.0 Å². The molecule has 4 nitrogen and oxygen atoms in total. The molecule has 1 rings (SSSR count). The lowest BCUT2D eigenvalue weighted by Crippen LogP contribution is -2.47. The van der Waals surface area contributed by atoms with E-state index < -0.39 is 0 Å². The molecule has 0 aromatic heterocycles. The fourth-order valence-corrected chi connectivity index (χ4v) is 1.30.